The molecular weight excluding hydrogens is 444 g/mol. The molecule has 1 aliphatic rings. The summed E-state index contributed by atoms with van der Waals surface area (Å²) in [5, 5.41) is 21.8. The fraction of sp³-hybridized carbons (Fsp3) is 0.667. The lowest BCUT2D eigenvalue weighted by atomic mass is 9.83. The predicted molar refractivity (Wildman–Crippen MR) is 130 cm³/mol. The van der Waals surface area contributed by atoms with Crippen LogP contribution in [-0.2, 0) is 18.7 Å². The van der Waals surface area contributed by atoms with Crippen LogP contribution in [0, 0.1) is 6.92 Å². The number of aryl methyl sites for hydroxylation is 1. The average Bonchev–Trinajstić information content (AvgIpc) is 2.68. The molecule has 1 aromatic rings. The van der Waals surface area contributed by atoms with Gasteiger partial charge in [0.25, 0.3) is 10.1 Å². The van der Waals surface area contributed by atoms with Gasteiger partial charge in [0, 0.05) is 6.42 Å². The first-order valence-electron chi connectivity index (χ1n) is 11.4. The van der Waals surface area contributed by atoms with Gasteiger partial charge in [0.1, 0.15) is 12.2 Å². The molecule has 1 aromatic carbocycles. The molecule has 2 rings (SSSR count). The van der Waals surface area contributed by atoms with Crippen molar-refractivity contribution in [3.63, 3.8) is 0 Å². The van der Waals surface area contributed by atoms with Crippen LogP contribution in [0.25, 0.3) is 0 Å². The summed E-state index contributed by atoms with van der Waals surface area (Å²) in [5.41, 5.74) is 1.06. The quantitative estimate of drug-likeness (QED) is 0.300. The highest BCUT2D eigenvalue weighted by atomic mass is 32.2. The Morgan fingerprint density at radius 1 is 1.03 bits per heavy atom. The summed E-state index contributed by atoms with van der Waals surface area (Å²) in [4.78, 5) is 0.0143. The molecule has 0 aliphatic heterocycles. The number of benzene rings is 1. The zero-order valence-electron chi connectivity index (χ0n) is 20.6. The van der Waals surface area contributed by atoms with Crippen molar-refractivity contribution in [1.82, 2.24) is 0 Å². The summed E-state index contributed by atoms with van der Waals surface area (Å²) >= 11 is 0. The van der Waals surface area contributed by atoms with Gasteiger partial charge in [-0.2, -0.15) is 8.42 Å². The lowest BCUT2D eigenvalue weighted by Crippen LogP contribution is -2.55. The van der Waals surface area contributed by atoms with Gasteiger partial charge in [-0.25, -0.2) is 0 Å². The Balaban J connectivity index is 2.24. The summed E-state index contributed by atoms with van der Waals surface area (Å²) in [6, 6.07) is 6.29. The summed E-state index contributed by atoms with van der Waals surface area (Å²) < 4.78 is 37.0. The van der Waals surface area contributed by atoms with Crippen molar-refractivity contribution >= 4 is 18.4 Å². The van der Waals surface area contributed by atoms with E-state index in [1.807, 2.05) is 13.8 Å². The average molecular weight is 485 g/mol. The van der Waals surface area contributed by atoms with E-state index in [-0.39, 0.29) is 17.4 Å². The second-order valence-electron chi connectivity index (χ2n) is 10.1. The Morgan fingerprint density at radius 2 is 1.53 bits per heavy atom. The second-order valence-corrected chi connectivity index (χ2v) is 17.1. The van der Waals surface area contributed by atoms with E-state index in [9.17, 15) is 18.6 Å². The Morgan fingerprint density at radius 3 is 2.00 bits per heavy atom. The molecule has 2 N–H and O–H groups in total. The molecule has 0 aromatic heterocycles. The van der Waals surface area contributed by atoms with Gasteiger partial charge in [0.15, 0.2) is 0 Å². The Bertz CT molecular complexity index is 885. The first-order valence-corrected chi connectivity index (χ1v) is 14.9. The molecule has 0 fully saturated rings. The minimum absolute atomic E-state index is 0.0143. The zero-order valence-corrected chi connectivity index (χ0v) is 22.4. The van der Waals surface area contributed by atoms with Crippen LogP contribution in [0.5, 0.6) is 0 Å². The third-order valence-corrected chi connectivity index (χ3v) is 14.2. The standard InChI is InChI=1S/C24H40O6SSi/c1-16(2)32(17(3)4,18(5)6)30-22-13-23(25)24(26,14-20(22)8)15-29-31(27,28)21-11-9-19(7)10-12-21/h9-12,14,16-18,22-23,25-26H,13,15H2,1-8H3/t22-,23-,24+/m0/s1. The first-order chi connectivity index (χ1) is 14.7. The molecule has 0 saturated carbocycles. The Hall–Kier alpha value is -1.03. The monoisotopic (exact) mass is 484 g/mol. The lowest BCUT2D eigenvalue weighted by Gasteiger charge is -2.47. The van der Waals surface area contributed by atoms with Gasteiger partial charge in [-0.3, -0.25) is 4.18 Å². The van der Waals surface area contributed by atoms with Gasteiger partial charge in [-0.05, 0) is 54.3 Å². The minimum atomic E-state index is -4.06. The van der Waals surface area contributed by atoms with Crippen molar-refractivity contribution in [2.45, 2.75) is 101 Å². The van der Waals surface area contributed by atoms with E-state index in [4.69, 9.17) is 8.61 Å². The van der Waals surface area contributed by atoms with Crippen LogP contribution >= 0.6 is 0 Å². The molecule has 0 bridgehead atoms. The van der Waals surface area contributed by atoms with Crippen molar-refractivity contribution in [3.05, 3.63) is 41.5 Å². The minimum Gasteiger partial charge on any atom is -0.409 e. The van der Waals surface area contributed by atoms with Gasteiger partial charge in [0.2, 0.25) is 8.32 Å². The molecule has 182 valence electrons. The molecular formula is C24H40O6SSi. The maximum Gasteiger partial charge on any atom is 0.297 e. The van der Waals surface area contributed by atoms with Crippen LogP contribution in [0.15, 0.2) is 40.8 Å². The summed E-state index contributed by atoms with van der Waals surface area (Å²) in [6.07, 6.45) is 0.171. The fourth-order valence-electron chi connectivity index (χ4n) is 5.05. The van der Waals surface area contributed by atoms with Crippen LogP contribution in [0.2, 0.25) is 16.6 Å². The summed E-state index contributed by atoms with van der Waals surface area (Å²) in [7, 11) is -6.25. The van der Waals surface area contributed by atoms with E-state index in [2.05, 4.69) is 41.5 Å². The molecule has 0 amide bonds. The van der Waals surface area contributed by atoms with Gasteiger partial charge in [-0.15, -0.1) is 0 Å². The van der Waals surface area contributed by atoms with Crippen molar-refractivity contribution in [3.8, 4) is 0 Å². The van der Waals surface area contributed by atoms with E-state index >= 15 is 0 Å². The Labute approximate surface area is 194 Å². The Kier molecular flexibility index (Phi) is 8.56. The molecule has 0 saturated heterocycles. The first kappa shape index (κ1) is 27.2. The van der Waals surface area contributed by atoms with E-state index in [0.717, 1.165) is 11.1 Å². The largest absolute Gasteiger partial charge is 0.409 e. The fourth-order valence-corrected chi connectivity index (χ4v) is 11.6. The maximum atomic E-state index is 12.5. The molecule has 0 heterocycles. The summed E-state index contributed by atoms with van der Waals surface area (Å²) in [6.45, 7) is 16.4. The molecule has 32 heavy (non-hydrogen) atoms. The van der Waals surface area contributed by atoms with Crippen molar-refractivity contribution in [2.24, 2.45) is 0 Å². The van der Waals surface area contributed by atoms with Crippen LogP contribution in [0.3, 0.4) is 0 Å². The third-order valence-electron chi connectivity index (χ3n) is 6.81. The zero-order chi connectivity index (χ0) is 24.5. The van der Waals surface area contributed by atoms with Gasteiger partial charge < -0.3 is 14.6 Å². The van der Waals surface area contributed by atoms with Gasteiger partial charge in [0.05, 0.1) is 17.1 Å². The molecule has 0 spiro atoms. The topological polar surface area (TPSA) is 93.1 Å². The van der Waals surface area contributed by atoms with Crippen molar-refractivity contribution in [1.29, 1.82) is 0 Å². The van der Waals surface area contributed by atoms with E-state index in [0.29, 0.717) is 16.6 Å². The number of aliphatic hydroxyl groups excluding tert-OH is 1. The number of rotatable bonds is 9. The number of hydrogen-bond acceptors (Lipinski definition) is 6. The number of hydrogen-bond donors (Lipinski definition) is 2. The molecule has 3 atom stereocenters. The van der Waals surface area contributed by atoms with Crippen LogP contribution in [0.1, 0.15) is 60.5 Å². The highest BCUT2D eigenvalue weighted by Crippen LogP contribution is 2.45. The van der Waals surface area contributed by atoms with E-state index in [1.54, 1.807) is 12.1 Å². The molecule has 1 aliphatic carbocycles. The highest BCUT2D eigenvalue weighted by molar-refractivity contribution is 7.86. The van der Waals surface area contributed by atoms with E-state index < -0.39 is 36.7 Å². The number of aliphatic hydroxyl groups is 2. The highest BCUT2D eigenvalue weighted by Gasteiger charge is 2.49. The summed E-state index contributed by atoms with van der Waals surface area (Å²) in [5.74, 6) is 0. The van der Waals surface area contributed by atoms with Crippen LogP contribution in [0.4, 0.5) is 0 Å². The maximum absolute atomic E-state index is 12.5. The van der Waals surface area contributed by atoms with Crippen LogP contribution < -0.4 is 0 Å². The molecule has 0 radical (unpaired) electrons. The molecule has 0 unspecified atom stereocenters. The van der Waals surface area contributed by atoms with Gasteiger partial charge in [-0.1, -0.05) is 59.2 Å². The van der Waals surface area contributed by atoms with E-state index in [1.165, 1.54) is 18.2 Å². The van der Waals surface area contributed by atoms with Crippen LogP contribution in [-0.4, -0.2) is 51.4 Å². The third kappa shape index (κ3) is 5.54. The normalized spacial score (nSPS) is 25.0. The predicted octanol–water partition coefficient (Wildman–Crippen LogP) is 4.70. The second kappa shape index (κ2) is 10.1. The van der Waals surface area contributed by atoms with Gasteiger partial charge >= 0.3 is 0 Å². The lowest BCUT2D eigenvalue weighted by molar-refractivity contribution is -0.0854. The van der Waals surface area contributed by atoms with Crippen molar-refractivity contribution < 1.29 is 27.2 Å². The molecule has 8 heteroatoms. The van der Waals surface area contributed by atoms with Crippen molar-refractivity contribution in [2.75, 3.05) is 6.61 Å². The smallest absolute Gasteiger partial charge is 0.297 e. The SMILES string of the molecule is CC1=C[C@@](O)(COS(=O)(=O)c2ccc(C)cc2)[C@@H](O)C[C@@H]1O[Si](C(C)C)(C(C)C)C(C)C. The molecule has 6 nitrogen and oxygen atoms in total.